The Morgan fingerprint density at radius 2 is 2.14 bits per heavy atom. The summed E-state index contributed by atoms with van der Waals surface area (Å²) < 4.78 is 0. The monoisotopic (exact) mass is 293 g/mol. The molecule has 1 saturated heterocycles. The first-order valence-corrected chi connectivity index (χ1v) is 7.58. The minimum Gasteiger partial charge on any atom is -0.358 e. The van der Waals surface area contributed by atoms with Gasteiger partial charge in [-0.1, -0.05) is 19.8 Å². The molecule has 1 aliphatic rings. The van der Waals surface area contributed by atoms with Crippen LogP contribution in [0.25, 0.3) is 0 Å². The highest BCUT2D eigenvalue weighted by Gasteiger charge is 2.39. The number of likely N-dealkylation sites (N-methyl/N-ethyl adjacent to an activating group) is 2. The highest BCUT2D eigenvalue weighted by Crippen LogP contribution is 2.25. The Balaban J connectivity index is 2.88. The second-order valence-corrected chi connectivity index (χ2v) is 6.05. The van der Waals surface area contributed by atoms with Crippen LogP contribution in [0.2, 0.25) is 0 Å². The average Bonchev–Trinajstić information content (AvgIpc) is 2.92. The van der Waals surface area contributed by atoms with Crippen LogP contribution in [0.15, 0.2) is 0 Å². The van der Waals surface area contributed by atoms with Crippen LogP contribution in [0.1, 0.15) is 33.1 Å². The molecule has 1 fully saturated rings. The van der Waals surface area contributed by atoms with Crippen LogP contribution in [-0.4, -0.2) is 60.9 Å². The largest absolute Gasteiger partial charge is 0.358 e. The molecule has 21 heavy (non-hydrogen) atoms. The van der Waals surface area contributed by atoms with Gasteiger partial charge in [0.1, 0.15) is 0 Å². The summed E-state index contributed by atoms with van der Waals surface area (Å²) in [5.41, 5.74) is 0. The van der Waals surface area contributed by atoms with Gasteiger partial charge in [0.2, 0.25) is 11.8 Å². The topological polar surface area (TPSA) is 52.7 Å². The summed E-state index contributed by atoms with van der Waals surface area (Å²) in [4.78, 5) is 28.3. The maximum Gasteiger partial charge on any atom is 0.240 e. The van der Waals surface area contributed by atoms with Crippen LogP contribution in [0, 0.1) is 18.3 Å². The van der Waals surface area contributed by atoms with Gasteiger partial charge in [0.25, 0.3) is 0 Å². The van der Waals surface area contributed by atoms with Gasteiger partial charge in [-0.2, -0.15) is 0 Å². The number of amides is 2. The number of carbonyl (C=O) groups is 2. The Morgan fingerprint density at radius 1 is 1.48 bits per heavy atom. The first kappa shape index (κ1) is 17.5. The van der Waals surface area contributed by atoms with E-state index in [1.165, 1.54) is 0 Å². The number of carbonyl (C=O) groups excluding carboxylic acids is 2. The van der Waals surface area contributed by atoms with Gasteiger partial charge in [0.05, 0.1) is 18.6 Å². The normalized spacial score (nSPS) is 20.1. The van der Waals surface area contributed by atoms with E-state index in [0.29, 0.717) is 12.5 Å². The summed E-state index contributed by atoms with van der Waals surface area (Å²) in [6, 6.07) is -0.477. The van der Waals surface area contributed by atoms with Crippen LogP contribution >= 0.6 is 0 Å². The van der Waals surface area contributed by atoms with Crippen molar-refractivity contribution in [3.63, 3.8) is 0 Å². The number of nitrogens with zero attached hydrogens (tertiary/aromatic N) is 2. The fourth-order valence-electron chi connectivity index (χ4n) is 2.90. The van der Waals surface area contributed by atoms with Crippen molar-refractivity contribution in [1.29, 1.82) is 0 Å². The summed E-state index contributed by atoms with van der Waals surface area (Å²) in [5, 5.41) is 2.72. The number of likely N-dealkylation sites (tertiary alicyclic amines) is 1. The smallest absolute Gasteiger partial charge is 0.240 e. The lowest BCUT2D eigenvalue weighted by Crippen LogP contribution is -2.53. The molecule has 2 amide bonds. The number of terminal acetylenes is 1. The van der Waals surface area contributed by atoms with E-state index in [1.54, 1.807) is 19.0 Å². The third-order valence-corrected chi connectivity index (χ3v) is 3.93. The third kappa shape index (κ3) is 4.47. The predicted molar refractivity (Wildman–Crippen MR) is 83.5 cm³/mol. The Morgan fingerprint density at radius 3 is 2.67 bits per heavy atom. The summed E-state index contributed by atoms with van der Waals surface area (Å²) in [6.07, 6.45) is 7.75. The van der Waals surface area contributed by atoms with Gasteiger partial charge in [-0.15, -0.1) is 6.42 Å². The van der Waals surface area contributed by atoms with E-state index in [0.717, 1.165) is 25.8 Å². The SMILES string of the molecule is C#CCN(C)C(=O)[C@@H]1CCCN1[C@H](CC(C)C)C(=O)NC. The van der Waals surface area contributed by atoms with Gasteiger partial charge in [-0.25, -0.2) is 0 Å². The maximum atomic E-state index is 12.5. The van der Waals surface area contributed by atoms with Crippen molar-refractivity contribution in [2.24, 2.45) is 5.92 Å². The zero-order valence-corrected chi connectivity index (χ0v) is 13.6. The summed E-state index contributed by atoms with van der Waals surface area (Å²) in [7, 11) is 3.36. The molecule has 1 N–H and O–H groups in total. The van der Waals surface area contributed by atoms with Gasteiger partial charge in [0.15, 0.2) is 0 Å². The average molecular weight is 293 g/mol. The molecule has 1 rings (SSSR count). The van der Waals surface area contributed by atoms with Gasteiger partial charge in [-0.3, -0.25) is 14.5 Å². The lowest BCUT2D eigenvalue weighted by atomic mass is 10.0. The highest BCUT2D eigenvalue weighted by atomic mass is 16.2. The molecule has 1 heterocycles. The molecule has 0 saturated carbocycles. The molecule has 5 heteroatoms. The molecule has 0 aromatic rings. The lowest BCUT2D eigenvalue weighted by molar-refractivity contribution is -0.137. The van der Waals surface area contributed by atoms with Crippen LogP contribution in [0.3, 0.4) is 0 Å². The molecule has 0 aliphatic carbocycles. The molecule has 0 spiro atoms. The van der Waals surface area contributed by atoms with E-state index in [4.69, 9.17) is 6.42 Å². The number of rotatable bonds is 6. The highest BCUT2D eigenvalue weighted by molar-refractivity contribution is 5.85. The van der Waals surface area contributed by atoms with Crippen molar-refractivity contribution >= 4 is 11.8 Å². The van der Waals surface area contributed by atoms with Gasteiger partial charge in [-0.05, 0) is 31.7 Å². The molecule has 0 unspecified atom stereocenters. The molecule has 118 valence electrons. The van der Waals surface area contributed by atoms with Crippen molar-refractivity contribution < 1.29 is 9.59 Å². The van der Waals surface area contributed by atoms with E-state index in [9.17, 15) is 9.59 Å². The molecular formula is C16H27N3O2. The van der Waals surface area contributed by atoms with Crippen LogP contribution < -0.4 is 5.32 Å². The van der Waals surface area contributed by atoms with E-state index in [1.807, 2.05) is 4.90 Å². The van der Waals surface area contributed by atoms with E-state index in [-0.39, 0.29) is 23.9 Å². The van der Waals surface area contributed by atoms with E-state index >= 15 is 0 Å². The zero-order chi connectivity index (χ0) is 16.0. The van der Waals surface area contributed by atoms with Crippen LogP contribution in [0.4, 0.5) is 0 Å². The Kier molecular flexibility index (Phi) is 6.70. The molecular weight excluding hydrogens is 266 g/mol. The first-order chi connectivity index (χ1) is 9.92. The molecule has 1 aliphatic heterocycles. The van der Waals surface area contributed by atoms with Crippen LogP contribution in [-0.2, 0) is 9.59 Å². The number of hydrogen-bond acceptors (Lipinski definition) is 3. The van der Waals surface area contributed by atoms with Crippen molar-refractivity contribution in [1.82, 2.24) is 15.1 Å². The standard InChI is InChI=1S/C16H27N3O2/c1-6-9-18(5)16(21)13-8-7-10-19(13)14(11-12(2)3)15(20)17-4/h1,12-14H,7-11H2,2-5H3,(H,17,20)/t13-,14+/m0/s1. The molecule has 0 aromatic heterocycles. The Bertz CT molecular complexity index is 414. The van der Waals surface area contributed by atoms with Crippen molar-refractivity contribution in [3.05, 3.63) is 0 Å². The second kappa shape index (κ2) is 8.04. The lowest BCUT2D eigenvalue weighted by Gasteiger charge is -2.33. The predicted octanol–water partition coefficient (Wildman–Crippen LogP) is 0.703. The van der Waals surface area contributed by atoms with Gasteiger partial charge < -0.3 is 10.2 Å². The van der Waals surface area contributed by atoms with Crippen molar-refractivity contribution in [2.75, 3.05) is 27.2 Å². The molecule has 5 nitrogen and oxygen atoms in total. The van der Waals surface area contributed by atoms with E-state index in [2.05, 4.69) is 25.1 Å². The fraction of sp³-hybridized carbons (Fsp3) is 0.750. The van der Waals surface area contributed by atoms with Gasteiger partial charge in [0, 0.05) is 14.1 Å². The molecule has 0 aromatic carbocycles. The Labute approximate surface area is 128 Å². The van der Waals surface area contributed by atoms with Crippen LogP contribution in [0.5, 0.6) is 0 Å². The third-order valence-electron chi connectivity index (χ3n) is 3.93. The van der Waals surface area contributed by atoms with Crippen molar-refractivity contribution in [3.8, 4) is 12.3 Å². The first-order valence-electron chi connectivity index (χ1n) is 7.58. The quantitative estimate of drug-likeness (QED) is 0.734. The maximum absolute atomic E-state index is 12.5. The molecule has 2 atom stereocenters. The molecule has 0 radical (unpaired) electrons. The van der Waals surface area contributed by atoms with Gasteiger partial charge >= 0.3 is 0 Å². The summed E-state index contributed by atoms with van der Waals surface area (Å²) >= 11 is 0. The molecule has 0 bridgehead atoms. The summed E-state index contributed by atoms with van der Waals surface area (Å²) in [6.45, 7) is 5.27. The fourth-order valence-corrected chi connectivity index (χ4v) is 2.90. The van der Waals surface area contributed by atoms with Crippen molar-refractivity contribution in [2.45, 2.75) is 45.2 Å². The summed E-state index contributed by atoms with van der Waals surface area (Å²) in [5.74, 6) is 2.89. The second-order valence-electron chi connectivity index (χ2n) is 6.05. The van der Waals surface area contributed by atoms with E-state index < -0.39 is 0 Å². The Hall–Kier alpha value is -1.54. The minimum atomic E-state index is -0.245. The zero-order valence-electron chi connectivity index (χ0n) is 13.6. The number of nitrogens with one attached hydrogen (secondary N) is 1. The minimum absolute atomic E-state index is 0.0111. The number of hydrogen-bond donors (Lipinski definition) is 1.